The lowest BCUT2D eigenvalue weighted by Gasteiger charge is -2.14. The summed E-state index contributed by atoms with van der Waals surface area (Å²) in [5.41, 5.74) is 2.07. The minimum absolute atomic E-state index is 0.133. The summed E-state index contributed by atoms with van der Waals surface area (Å²) in [5, 5.41) is 2.87. The SMILES string of the molecule is C[C@H](NC(=O)COc1ccc(S(=O)(=O)NCCc2ccccc2)cc1)c1ccccc1. The highest BCUT2D eigenvalue weighted by atomic mass is 32.2. The van der Waals surface area contributed by atoms with Crippen LogP contribution < -0.4 is 14.8 Å². The van der Waals surface area contributed by atoms with E-state index in [1.165, 1.54) is 12.1 Å². The Labute approximate surface area is 183 Å². The number of sulfonamides is 1. The third-order valence-corrected chi connectivity index (χ3v) is 6.21. The van der Waals surface area contributed by atoms with E-state index in [4.69, 9.17) is 4.74 Å². The number of hydrogen-bond donors (Lipinski definition) is 2. The second-order valence-electron chi connectivity index (χ2n) is 7.09. The number of benzene rings is 3. The van der Waals surface area contributed by atoms with E-state index in [1.807, 2.05) is 67.6 Å². The van der Waals surface area contributed by atoms with Crippen molar-refractivity contribution < 1.29 is 17.9 Å². The van der Waals surface area contributed by atoms with E-state index in [2.05, 4.69) is 10.0 Å². The first-order chi connectivity index (χ1) is 14.9. The molecule has 0 saturated heterocycles. The molecule has 0 aromatic heterocycles. The molecule has 3 aromatic rings. The first-order valence-electron chi connectivity index (χ1n) is 10.0. The highest BCUT2D eigenvalue weighted by Gasteiger charge is 2.14. The Kier molecular flexibility index (Phi) is 7.81. The minimum Gasteiger partial charge on any atom is -0.484 e. The molecule has 31 heavy (non-hydrogen) atoms. The van der Waals surface area contributed by atoms with Crippen LogP contribution in [-0.2, 0) is 21.2 Å². The Morgan fingerprint density at radius 3 is 2.16 bits per heavy atom. The van der Waals surface area contributed by atoms with Crippen LogP contribution in [0.3, 0.4) is 0 Å². The third kappa shape index (κ3) is 6.94. The van der Waals surface area contributed by atoms with Gasteiger partial charge in [0.15, 0.2) is 6.61 Å². The predicted molar refractivity (Wildman–Crippen MR) is 120 cm³/mol. The molecule has 6 nitrogen and oxygen atoms in total. The van der Waals surface area contributed by atoms with E-state index in [0.29, 0.717) is 18.7 Å². The number of carbonyl (C=O) groups excluding carboxylic acids is 1. The van der Waals surface area contributed by atoms with Gasteiger partial charge in [0.2, 0.25) is 10.0 Å². The van der Waals surface area contributed by atoms with Gasteiger partial charge in [0.25, 0.3) is 5.91 Å². The monoisotopic (exact) mass is 438 g/mol. The highest BCUT2D eigenvalue weighted by molar-refractivity contribution is 7.89. The molecule has 0 aliphatic heterocycles. The smallest absolute Gasteiger partial charge is 0.258 e. The van der Waals surface area contributed by atoms with Gasteiger partial charge in [-0.15, -0.1) is 0 Å². The number of carbonyl (C=O) groups is 1. The maximum absolute atomic E-state index is 12.4. The van der Waals surface area contributed by atoms with E-state index in [-0.39, 0.29) is 23.5 Å². The average molecular weight is 439 g/mol. The van der Waals surface area contributed by atoms with Crippen molar-refractivity contribution in [2.24, 2.45) is 0 Å². The summed E-state index contributed by atoms with van der Waals surface area (Å²) in [5.74, 6) is 0.168. The van der Waals surface area contributed by atoms with Crippen molar-refractivity contribution in [3.05, 3.63) is 96.1 Å². The van der Waals surface area contributed by atoms with Crippen LogP contribution in [0.5, 0.6) is 5.75 Å². The molecule has 1 atom stereocenters. The number of amides is 1. The molecule has 2 N–H and O–H groups in total. The lowest BCUT2D eigenvalue weighted by atomic mass is 10.1. The van der Waals surface area contributed by atoms with Gasteiger partial charge in [-0.25, -0.2) is 13.1 Å². The largest absolute Gasteiger partial charge is 0.484 e. The maximum atomic E-state index is 12.4. The minimum atomic E-state index is -3.61. The van der Waals surface area contributed by atoms with Crippen LogP contribution in [0.4, 0.5) is 0 Å². The van der Waals surface area contributed by atoms with E-state index in [9.17, 15) is 13.2 Å². The summed E-state index contributed by atoms with van der Waals surface area (Å²) in [7, 11) is -3.61. The Hall–Kier alpha value is -3.16. The Balaban J connectivity index is 1.47. The zero-order chi connectivity index (χ0) is 22.1. The molecule has 3 rings (SSSR count). The topological polar surface area (TPSA) is 84.5 Å². The van der Waals surface area contributed by atoms with Gasteiger partial charge < -0.3 is 10.1 Å². The van der Waals surface area contributed by atoms with Crippen molar-refractivity contribution in [3.63, 3.8) is 0 Å². The molecule has 7 heteroatoms. The zero-order valence-corrected chi connectivity index (χ0v) is 18.1. The standard InChI is InChI=1S/C24H26N2O4S/c1-19(21-10-6-3-7-11-21)26-24(27)18-30-22-12-14-23(15-13-22)31(28,29)25-17-16-20-8-4-2-5-9-20/h2-15,19,25H,16-18H2,1H3,(H,26,27)/t19-/m0/s1. The summed E-state index contributed by atoms with van der Waals surface area (Å²) in [6.07, 6.45) is 0.609. The molecule has 0 fully saturated rings. The molecule has 0 radical (unpaired) electrons. The van der Waals surface area contributed by atoms with E-state index >= 15 is 0 Å². The zero-order valence-electron chi connectivity index (χ0n) is 17.3. The van der Waals surface area contributed by atoms with Gasteiger partial charge in [-0.05, 0) is 48.7 Å². The van der Waals surface area contributed by atoms with Crippen molar-refractivity contribution in [2.75, 3.05) is 13.2 Å². The Bertz CT molecular complexity index is 1070. The fourth-order valence-corrected chi connectivity index (χ4v) is 4.06. The molecular formula is C24H26N2O4S. The molecular weight excluding hydrogens is 412 g/mol. The number of hydrogen-bond acceptors (Lipinski definition) is 4. The average Bonchev–Trinajstić information content (AvgIpc) is 2.79. The fraction of sp³-hybridized carbons (Fsp3) is 0.208. The second-order valence-corrected chi connectivity index (χ2v) is 8.86. The number of nitrogens with one attached hydrogen (secondary N) is 2. The molecule has 0 heterocycles. The molecule has 3 aromatic carbocycles. The van der Waals surface area contributed by atoms with Gasteiger partial charge in [-0.2, -0.15) is 0 Å². The normalized spacial score (nSPS) is 12.2. The molecule has 0 spiro atoms. The first-order valence-corrected chi connectivity index (χ1v) is 11.5. The van der Waals surface area contributed by atoms with Crippen LogP contribution in [0.25, 0.3) is 0 Å². The van der Waals surface area contributed by atoms with Crippen LogP contribution in [0.15, 0.2) is 89.8 Å². The van der Waals surface area contributed by atoms with E-state index < -0.39 is 10.0 Å². The van der Waals surface area contributed by atoms with Crippen molar-refractivity contribution in [1.29, 1.82) is 0 Å². The van der Waals surface area contributed by atoms with E-state index in [0.717, 1.165) is 11.1 Å². The van der Waals surface area contributed by atoms with Crippen molar-refractivity contribution >= 4 is 15.9 Å². The molecule has 0 bridgehead atoms. The summed E-state index contributed by atoms with van der Waals surface area (Å²) in [4.78, 5) is 12.3. The quantitative estimate of drug-likeness (QED) is 0.508. The Morgan fingerprint density at radius 1 is 0.903 bits per heavy atom. The summed E-state index contributed by atoms with van der Waals surface area (Å²) >= 11 is 0. The lowest BCUT2D eigenvalue weighted by Crippen LogP contribution is -2.31. The molecule has 162 valence electrons. The van der Waals surface area contributed by atoms with Gasteiger partial charge in [0, 0.05) is 6.54 Å². The van der Waals surface area contributed by atoms with Crippen molar-refractivity contribution in [3.8, 4) is 5.75 Å². The lowest BCUT2D eigenvalue weighted by molar-refractivity contribution is -0.123. The van der Waals surface area contributed by atoms with Crippen LogP contribution in [0.1, 0.15) is 24.1 Å². The Morgan fingerprint density at radius 2 is 1.52 bits per heavy atom. The summed E-state index contributed by atoms with van der Waals surface area (Å²) in [6, 6.07) is 25.2. The molecule has 0 aliphatic rings. The highest BCUT2D eigenvalue weighted by Crippen LogP contribution is 2.16. The van der Waals surface area contributed by atoms with Gasteiger partial charge >= 0.3 is 0 Å². The van der Waals surface area contributed by atoms with Gasteiger partial charge in [-0.3, -0.25) is 4.79 Å². The van der Waals surface area contributed by atoms with Crippen LogP contribution in [-0.4, -0.2) is 27.5 Å². The fourth-order valence-electron chi connectivity index (χ4n) is 3.03. The molecule has 0 saturated carbocycles. The van der Waals surface area contributed by atoms with Crippen LogP contribution >= 0.6 is 0 Å². The molecule has 1 amide bonds. The predicted octanol–water partition coefficient (Wildman–Crippen LogP) is 3.46. The maximum Gasteiger partial charge on any atom is 0.258 e. The van der Waals surface area contributed by atoms with E-state index in [1.54, 1.807) is 12.1 Å². The first kappa shape index (κ1) is 22.5. The van der Waals surface area contributed by atoms with Crippen LogP contribution in [0, 0.1) is 0 Å². The van der Waals surface area contributed by atoms with Crippen LogP contribution in [0.2, 0.25) is 0 Å². The summed E-state index contributed by atoms with van der Waals surface area (Å²) in [6.45, 7) is 2.06. The van der Waals surface area contributed by atoms with Gasteiger partial charge in [-0.1, -0.05) is 60.7 Å². The number of ether oxygens (including phenoxy) is 1. The molecule has 0 unspecified atom stereocenters. The third-order valence-electron chi connectivity index (χ3n) is 4.73. The van der Waals surface area contributed by atoms with Gasteiger partial charge in [0.1, 0.15) is 5.75 Å². The van der Waals surface area contributed by atoms with Crippen molar-refractivity contribution in [2.45, 2.75) is 24.3 Å². The molecule has 0 aliphatic carbocycles. The second kappa shape index (κ2) is 10.7. The summed E-state index contributed by atoms with van der Waals surface area (Å²) < 4.78 is 33.0. The number of rotatable bonds is 10. The van der Waals surface area contributed by atoms with Crippen molar-refractivity contribution in [1.82, 2.24) is 10.0 Å². The van der Waals surface area contributed by atoms with Gasteiger partial charge in [0.05, 0.1) is 10.9 Å².